The molecule has 0 saturated heterocycles. The number of nitrogens with zero attached hydrogens (tertiary/aromatic N) is 2. The molecule has 0 atom stereocenters. The van der Waals surface area contributed by atoms with E-state index in [0.717, 1.165) is 11.3 Å². The van der Waals surface area contributed by atoms with E-state index in [0.29, 0.717) is 46.7 Å². The number of amides is 1. The highest BCUT2D eigenvalue weighted by molar-refractivity contribution is 8.00. The van der Waals surface area contributed by atoms with Crippen molar-refractivity contribution < 1.29 is 19.0 Å². The molecule has 7 nitrogen and oxygen atoms in total. The van der Waals surface area contributed by atoms with Crippen LogP contribution in [0.5, 0.6) is 17.2 Å². The van der Waals surface area contributed by atoms with Crippen molar-refractivity contribution in [2.24, 2.45) is 0 Å². The van der Waals surface area contributed by atoms with Crippen LogP contribution in [0.3, 0.4) is 0 Å². The van der Waals surface area contributed by atoms with Gasteiger partial charge in [0.05, 0.1) is 24.1 Å². The molecule has 156 valence electrons. The fourth-order valence-electron chi connectivity index (χ4n) is 3.03. The molecule has 1 aromatic heterocycles. The van der Waals surface area contributed by atoms with Gasteiger partial charge in [0.1, 0.15) is 30.1 Å². The van der Waals surface area contributed by atoms with E-state index in [4.69, 9.17) is 14.2 Å². The molecule has 8 heteroatoms. The zero-order chi connectivity index (χ0) is 21.6. The summed E-state index contributed by atoms with van der Waals surface area (Å²) < 4.78 is 16.3. The first-order chi connectivity index (χ1) is 15.2. The summed E-state index contributed by atoms with van der Waals surface area (Å²) >= 11 is 1.21. The molecule has 3 aromatic rings. The lowest BCUT2D eigenvalue weighted by Crippen LogP contribution is -2.17. The summed E-state index contributed by atoms with van der Waals surface area (Å²) in [5, 5.41) is 12.8. The van der Waals surface area contributed by atoms with Gasteiger partial charge in [0, 0.05) is 17.3 Å². The van der Waals surface area contributed by atoms with Gasteiger partial charge in [-0.25, -0.2) is 4.98 Å². The normalized spacial score (nSPS) is 12.0. The topological polar surface area (TPSA) is 93.5 Å². The molecule has 1 N–H and O–H groups in total. The Morgan fingerprint density at radius 3 is 2.81 bits per heavy atom. The Bertz CT molecular complexity index is 1160. The predicted molar refractivity (Wildman–Crippen MR) is 118 cm³/mol. The molecule has 0 unspecified atom stereocenters. The molecule has 4 rings (SSSR count). The maximum Gasteiger partial charge on any atom is 0.234 e. The van der Waals surface area contributed by atoms with E-state index in [1.54, 1.807) is 37.4 Å². The van der Waals surface area contributed by atoms with Crippen LogP contribution in [0.1, 0.15) is 5.56 Å². The van der Waals surface area contributed by atoms with Crippen LogP contribution >= 0.6 is 11.8 Å². The van der Waals surface area contributed by atoms with Crippen LogP contribution in [0.25, 0.3) is 11.3 Å². The number of anilines is 1. The lowest BCUT2D eigenvalue weighted by molar-refractivity contribution is -0.113. The van der Waals surface area contributed by atoms with Crippen LogP contribution in [-0.2, 0) is 4.79 Å². The molecule has 0 aliphatic carbocycles. The Labute approximate surface area is 184 Å². The first kappa shape index (κ1) is 20.6. The number of hydrogen-bond acceptors (Lipinski definition) is 7. The van der Waals surface area contributed by atoms with Gasteiger partial charge in [-0.15, -0.1) is 0 Å². The number of fused-ring (bicyclic) bond motifs is 1. The van der Waals surface area contributed by atoms with Crippen LogP contribution in [0, 0.1) is 11.3 Å². The number of carbonyl (C=O) groups is 1. The molecular weight excluding hydrogens is 414 g/mol. The highest BCUT2D eigenvalue weighted by atomic mass is 32.2. The second-order valence-electron chi connectivity index (χ2n) is 6.59. The lowest BCUT2D eigenvalue weighted by atomic mass is 10.1. The standard InChI is InChI=1S/C23H19N3O4S/c1-28-18-4-2-3-15(11-18)19-7-5-16(13-24)23(26-19)31-14-22(27)25-17-6-8-20-21(12-17)30-10-9-29-20/h2-8,11-12H,9-10,14H2,1H3,(H,25,27). The van der Waals surface area contributed by atoms with Gasteiger partial charge in [0.2, 0.25) is 5.91 Å². The summed E-state index contributed by atoms with van der Waals surface area (Å²) in [6.45, 7) is 0.991. The number of ether oxygens (including phenoxy) is 3. The largest absolute Gasteiger partial charge is 0.497 e. The van der Waals surface area contributed by atoms with Gasteiger partial charge in [-0.2, -0.15) is 5.26 Å². The van der Waals surface area contributed by atoms with Crippen LogP contribution in [0.2, 0.25) is 0 Å². The van der Waals surface area contributed by atoms with Crippen molar-refractivity contribution in [2.45, 2.75) is 5.03 Å². The summed E-state index contributed by atoms with van der Waals surface area (Å²) in [6, 6.07) is 18.4. The molecule has 0 spiro atoms. The molecule has 0 bridgehead atoms. The molecule has 1 aliphatic heterocycles. The fourth-order valence-corrected chi connectivity index (χ4v) is 3.80. The summed E-state index contributed by atoms with van der Waals surface area (Å²) in [7, 11) is 1.60. The molecular formula is C23H19N3O4S. The molecule has 2 aromatic carbocycles. The van der Waals surface area contributed by atoms with Crippen molar-refractivity contribution in [2.75, 3.05) is 31.4 Å². The van der Waals surface area contributed by atoms with Crippen molar-refractivity contribution >= 4 is 23.4 Å². The molecule has 31 heavy (non-hydrogen) atoms. The second-order valence-corrected chi connectivity index (χ2v) is 7.55. The number of aromatic nitrogens is 1. The Hall–Kier alpha value is -3.70. The molecule has 2 heterocycles. The zero-order valence-electron chi connectivity index (χ0n) is 16.8. The number of methoxy groups -OCH3 is 1. The van der Waals surface area contributed by atoms with E-state index in [1.165, 1.54) is 11.8 Å². The third kappa shape index (κ3) is 4.90. The van der Waals surface area contributed by atoms with Crippen molar-refractivity contribution in [3.05, 3.63) is 60.2 Å². The van der Waals surface area contributed by atoms with Gasteiger partial charge >= 0.3 is 0 Å². The van der Waals surface area contributed by atoms with E-state index in [-0.39, 0.29) is 11.7 Å². The molecule has 0 fully saturated rings. The monoisotopic (exact) mass is 433 g/mol. The number of rotatable bonds is 6. The fraction of sp³-hybridized carbons (Fsp3) is 0.174. The first-order valence-corrected chi connectivity index (χ1v) is 10.5. The van der Waals surface area contributed by atoms with Gasteiger partial charge in [0.15, 0.2) is 11.5 Å². The Balaban J connectivity index is 1.46. The number of nitriles is 1. The summed E-state index contributed by atoms with van der Waals surface area (Å²) in [6.07, 6.45) is 0. The minimum absolute atomic E-state index is 0.109. The van der Waals surface area contributed by atoms with Gasteiger partial charge in [-0.3, -0.25) is 4.79 Å². The van der Waals surface area contributed by atoms with Crippen LogP contribution in [-0.4, -0.2) is 37.0 Å². The number of nitrogens with one attached hydrogen (secondary N) is 1. The van der Waals surface area contributed by atoms with Gasteiger partial charge in [-0.1, -0.05) is 23.9 Å². The first-order valence-electron chi connectivity index (χ1n) is 9.54. The Kier molecular flexibility index (Phi) is 6.24. The summed E-state index contributed by atoms with van der Waals surface area (Å²) in [5.41, 5.74) is 2.61. The van der Waals surface area contributed by atoms with Crippen molar-refractivity contribution in [1.29, 1.82) is 5.26 Å². The predicted octanol–water partition coefficient (Wildman–Crippen LogP) is 4.13. The zero-order valence-corrected chi connectivity index (χ0v) is 17.6. The SMILES string of the molecule is COc1cccc(-c2ccc(C#N)c(SCC(=O)Nc3ccc4c(c3)OCCO4)n2)c1. The maximum absolute atomic E-state index is 12.5. The molecule has 1 amide bonds. The third-order valence-corrected chi connectivity index (χ3v) is 5.50. The number of thioether (sulfide) groups is 1. The lowest BCUT2D eigenvalue weighted by Gasteiger charge is -2.19. The van der Waals surface area contributed by atoms with Gasteiger partial charge < -0.3 is 19.5 Å². The van der Waals surface area contributed by atoms with Crippen molar-refractivity contribution in [1.82, 2.24) is 4.98 Å². The van der Waals surface area contributed by atoms with E-state index in [2.05, 4.69) is 16.4 Å². The average Bonchev–Trinajstić information content (AvgIpc) is 2.82. The van der Waals surface area contributed by atoms with Crippen molar-refractivity contribution in [3.63, 3.8) is 0 Å². The highest BCUT2D eigenvalue weighted by Gasteiger charge is 2.14. The van der Waals surface area contributed by atoms with Gasteiger partial charge in [-0.05, 0) is 36.4 Å². The molecule has 1 aliphatic rings. The Morgan fingerprint density at radius 1 is 1.16 bits per heavy atom. The second kappa shape index (κ2) is 9.41. The third-order valence-electron chi connectivity index (χ3n) is 4.51. The maximum atomic E-state index is 12.5. The highest BCUT2D eigenvalue weighted by Crippen LogP contribution is 2.33. The average molecular weight is 433 g/mol. The minimum atomic E-state index is -0.209. The van der Waals surface area contributed by atoms with Crippen LogP contribution < -0.4 is 19.5 Å². The number of carbonyl (C=O) groups excluding carboxylic acids is 1. The Morgan fingerprint density at radius 2 is 2.00 bits per heavy atom. The van der Waals surface area contributed by atoms with E-state index in [9.17, 15) is 10.1 Å². The van der Waals surface area contributed by atoms with E-state index >= 15 is 0 Å². The molecule has 0 radical (unpaired) electrons. The van der Waals surface area contributed by atoms with E-state index < -0.39 is 0 Å². The van der Waals surface area contributed by atoms with Crippen LogP contribution in [0.4, 0.5) is 5.69 Å². The quantitative estimate of drug-likeness (QED) is 0.584. The minimum Gasteiger partial charge on any atom is -0.497 e. The molecule has 0 saturated carbocycles. The van der Waals surface area contributed by atoms with Crippen LogP contribution in [0.15, 0.2) is 59.6 Å². The smallest absolute Gasteiger partial charge is 0.234 e. The number of pyridine rings is 1. The number of benzene rings is 2. The summed E-state index contributed by atoms with van der Waals surface area (Å²) in [5.74, 6) is 1.89. The summed E-state index contributed by atoms with van der Waals surface area (Å²) in [4.78, 5) is 17.1. The van der Waals surface area contributed by atoms with Gasteiger partial charge in [0.25, 0.3) is 0 Å². The van der Waals surface area contributed by atoms with E-state index in [1.807, 2.05) is 24.3 Å². The van der Waals surface area contributed by atoms with Crippen molar-refractivity contribution in [3.8, 4) is 34.6 Å². The number of hydrogen-bond donors (Lipinski definition) is 1.